The topological polar surface area (TPSA) is 60.9 Å². The van der Waals surface area contributed by atoms with E-state index >= 15 is 0 Å². The van der Waals surface area contributed by atoms with Crippen LogP contribution in [0.2, 0.25) is 0 Å². The van der Waals surface area contributed by atoms with E-state index in [1.54, 1.807) is 42.3 Å². The molecule has 1 aliphatic carbocycles. The molecule has 0 spiro atoms. The lowest BCUT2D eigenvalue weighted by Crippen LogP contribution is -2.38. The van der Waals surface area contributed by atoms with Crippen molar-refractivity contribution in [3.63, 3.8) is 0 Å². The Bertz CT molecular complexity index is 1080. The summed E-state index contributed by atoms with van der Waals surface area (Å²) in [4.78, 5) is 17.5. The van der Waals surface area contributed by atoms with Crippen molar-refractivity contribution in [1.82, 2.24) is 14.1 Å². The van der Waals surface area contributed by atoms with Crippen molar-refractivity contribution < 1.29 is 17.6 Å². The van der Waals surface area contributed by atoms with Crippen molar-refractivity contribution in [1.29, 1.82) is 0 Å². The number of carbonyl (C=O) groups excluding carboxylic acids is 1. The maximum Gasteiger partial charge on any atom is 0.253 e. The van der Waals surface area contributed by atoms with Crippen LogP contribution in [0.3, 0.4) is 0 Å². The Morgan fingerprint density at radius 3 is 2.44 bits per heavy atom. The largest absolute Gasteiger partial charge is 0.337 e. The van der Waals surface area contributed by atoms with Crippen LogP contribution in [0.5, 0.6) is 0 Å². The molecule has 1 saturated carbocycles. The van der Waals surface area contributed by atoms with Crippen molar-refractivity contribution in [2.75, 3.05) is 33.2 Å². The molecule has 0 atom stereocenters. The van der Waals surface area contributed by atoms with Gasteiger partial charge in [-0.05, 0) is 55.2 Å². The Labute approximate surface area is 202 Å². The van der Waals surface area contributed by atoms with E-state index in [-0.39, 0.29) is 22.7 Å². The van der Waals surface area contributed by atoms with Crippen molar-refractivity contribution in [3.05, 3.63) is 65.5 Å². The molecule has 0 aromatic heterocycles. The summed E-state index contributed by atoms with van der Waals surface area (Å²) in [5, 5.41) is 0. The Morgan fingerprint density at radius 2 is 1.71 bits per heavy atom. The average Bonchev–Trinajstić information content (AvgIpc) is 3.10. The van der Waals surface area contributed by atoms with Crippen LogP contribution in [0.1, 0.15) is 54.4 Å². The SMILES string of the molecule is CN(C1CCCCC1)S(=O)(=O)c1cccc(C(=O)N2CCCN(Cc3ccc(F)cc3)CC2)c1. The fraction of sp³-hybridized carbons (Fsp3) is 0.500. The zero-order valence-electron chi connectivity index (χ0n) is 19.8. The van der Waals surface area contributed by atoms with Gasteiger partial charge in [0.25, 0.3) is 5.91 Å². The van der Waals surface area contributed by atoms with Gasteiger partial charge in [-0.1, -0.05) is 37.5 Å². The second kappa shape index (κ2) is 11.0. The highest BCUT2D eigenvalue weighted by Crippen LogP contribution is 2.27. The van der Waals surface area contributed by atoms with Crippen LogP contribution in [0.25, 0.3) is 0 Å². The molecular formula is C26H34FN3O3S. The standard InChI is InChI=1S/C26H34FN3O3S/c1-28(24-8-3-2-4-9-24)34(32,33)25-10-5-7-22(19-25)26(31)30-16-6-15-29(17-18-30)20-21-11-13-23(27)14-12-21/h5,7,10-14,19,24H,2-4,6,8-9,15-18,20H2,1H3. The van der Waals surface area contributed by atoms with Crippen LogP contribution < -0.4 is 0 Å². The molecular weight excluding hydrogens is 453 g/mol. The summed E-state index contributed by atoms with van der Waals surface area (Å²) < 4.78 is 41.2. The van der Waals surface area contributed by atoms with Gasteiger partial charge in [-0.3, -0.25) is 9.69 Å². The molecule has 184 valence electrons. The Kier molecular flexibility index (Phi) is 8.01. The molecule has 2 fully saturated rings. The van der Waals surface area contributed by atoms with E-state index in [0.717, 1.165) is 50.6 Å². The Hall–Kier alpha value is -2.29. The second-order valence-electron chi connectivity index (χ2n) is 9.39. The fourth-order valence-corrected chi connectivity index (χ4v) is 6.42. The maximum atomic E-state index is 13.3. The van der Waals surface area contributed by atoms with E-state index in [1.165, 1.54) is 22.5 Å². The van der Waals surface area contributed by atoms with E-state index in [1.807, 2.05) is 0 Å². The first-order chi connectivity index (χ1) is 16.3. The number of nitrogens with zero attached hydrogens (tertiary/aromatic N) is 3. The van der Waals surface area contributed by atoms with E-state index in [4.69, 9.17) is 0 Å². The van der Waals surface area contributed by atoms with E-state index < -0.39 is 10.0 Å². The first-order valence-corrected chi connectivity index (χ1v) is 13.6. The summed E-state index contributed by atoms with van der Waals surface area (Å²) in [5.74, 6) is -0.383. The molecule has 1 heterocycles. The third-order valence-corrected chi connectivity index (χ3v) is 8.95. The summed E-state index contributed by atoms with van der Waals surface area (Å²) in [5.41, 5.74) is 1.45. The van der Waals surface area contributed by atoms with Crippen molar-refractivity contribution in [2.24, 2.45) is 0 Å². The molecule has 1 amide bonds. The number of amides is 1. The van der Waals surface area contributed by atoms with E-state index in [0.29, 0.717) is 31.7 Å². The zero-order chi connectivity index (χ0) is 24.1. The smallest absolute Gasteiger partial charge is 0.253 e. The summed E-state index contributed by atoms with van der Waals surface area (Å²) in [6.07, 6.45) is 5.86. The van der Waals surface area contributed by atoms with Crippen LogP contribution >= 0.6 is 0 Å². The van der Waals surface area contributed by atoms with Crippen LogP contribution in [-0.4, -0.2) is 67.7 Å². The van der Waals surface area contributed by atoms with Gasteiger partial charge >= 0.3 is 0 Å². The van der Waals surface area contributed by atoms with Gasteiger partial charge in [-0.2, -0.15) is 4.31 Å². The van der Waals surface area contributed by atoms with Gasteiger partial charge in [0.05, 0.1) is 4.90 Å². The molecule has 8 heteroatoms. The molecule has 0 unspecified atom stereocenters. The summed E-state index contributed by atoms with van der Waals surface area (Å²) in [6, 6.07) is 13.0. The van der Waals surface area contributed by atoms with Gasteiger partial charge in [-0.25, -0.2) is 12.8 Å². The third kappa shape index (κ3) is 5.85. The molecule has 1 aliphatic heterocycles. The van der Waals surface area contributed by atoms with Crippen molar-refractivity contribution in [2.45, 2.75) is 56.0 Å². The Balaban J connectivity index is 1.42. The molecule has 0 bridgehead atoms. The average molecular weight is 488 g/mol. The van der Waals surface area contributed by atoms with Crippen LogP contribution in [0.15, 0.2) is 53.4 Å². The molecule has 2 aromatic rings. The number of benzene rings is 2. The summed E-state index contributed by atoms with van der Waals surface area (Å²) >= 11 is 0. The zero-order valence-corrected chi connectivity index (χ0v) is 20.6. The van der Waals surface area contributed by atoms with Crippen molar-refractivity contribution in [3.8, 4) is 0 Å². The van der Waals surface area contributed by atoms with Gasteiger partial charge in [0.15, 0.2) is 0 Å². The Morgan fingerprint density at radius 1 is 0.971 bits per heavy atom. The third-order valence-electron chi connectivity index (χ3n) is 7.04. The van der Waals surface area contributed by atoms with Crippen LogP contribution in [-0.2, 0) is 16.6 Å². The normalized spacial score (nSPS) is 18.7. The number of carbonyl (C=O) groups is 1. The minimum atomic E-state index is -3.65. The number of sulfonamides is 1. The molecule has 0 radical (unpaired) electrons. The van der Waals surface area contributed by atoms with Gasteiger partial charge < -0.3 is 4.90 Å². The number of hydrogen-bond acceptors (Lipinski definition) is 4. The second-order valence-corrected chi connectivity index (χ2v) is 11.4. The monoisotopic (exact) mass is 487 g/mol. The molecule has 0 N–H and O–H groups in total. The first-order valence-electron chi connectivity index (χ1n) is 12.2. The molecule has 1 saturated heterocycles. The lowest BCUT2D eigenvalue weighted by Gasteiger charge is -2.30. The molecule has 6 nitrogen and oxygen atoms in total. The summed E-state index contributed by atoms with van der Waals surface area (Å²) in [7, 11) is -1.99. The highest BCUT2D eigenvalue weighted by molar-refractivity contribution is 7.89. The molecule has 4 rings (SSSR count). The lowest BCUT2D eigenvalue weighted by molar-refractivity contribution is 0.0761. The highest BCUT2D eigenvalue weighted by atomic mass is 32.2. The van der Waals surface area contributed by atoms with Gasteiger partial charge in [-0.15, -0.1) is 0 Å². The van der Waals surface area contributed by atoms with Gasteiger partial charge in [0, 0.05) is 51.4 Å². The van der Waals surface area contributed by atoms with E-state index in [2.05, 4.69) is 4.90 Å². The minimum Gasteiger partial charge on any atom is -0.337 e. The first kappa shape index (κ1) is 24.8. The van der Waals surface area contributed by atoms with Gasteiger partial charge in [0.1, 0.15) is 5.82 Å². The lowest BCUT2D eigenvalue weighted by atomic mass is 9.96. The highest BCUT2D eigenvalue weighted by Gasteiger charge is 2.30. The quantitative estimate of drug-likeness (QED) is 0.615. The van der Waals surface area contributed by atoms with Crippen molar-refractivity contribution >= 4 is 15.9 Å². The van der Waals surface area contributed by atoms with Crippen LogP contribution in [0, 0.1) is 5.82 Å². The predicted octanol–water partition coefficient (Wildman–Crippen LogP) is 4.13. The fourth-order valence-electron chi connectivity index (χ4n) is 4.96. The molecule has 2 aliphatic rings. The predicted molar refractivity (Wildman–Crippen MR) is 130 cm³/mol. The number of halogens is 1. The maximum absolute atomic E-state index is 13.3. The molecule has 34 heavy (non-hydrogen) atoms. The van der Waals surface area contributed by atoms with Gasteiger partial charge in [0.2, 0.25) is 10.0 Å². The number of hydrogen-bond donors (Lipinski definition) is 0. The minimum absolute atomic E-state index is 0.0239. The van der Waals surface area contributed by atoms with E-state index in [9.17, 15) is 17.6 Å². The summed E-state index contributed by atoms with van der Waals surface area (Å²) in [6.45, 7) is 3.47. The number of rotatable bonds is 6. The molecule has 2 aromatic carbocycles. The van der Waals surface area contributed by atoms with Crippen LogP contribution in [0.4, 0.5) is 4.39 Å².